The predicted octanol–water partition coefficient (Wildman–Crippen LogP) is 1.72. The second kappa shape index (κ2) is 4.98. The molecule has 4 heteroatoms. The van der Waals surface area contributed by atoms with Crippen LogP contribution in [-0.4, -0.2) is 35.7 Å². The Morgan fingerprint density at radius 3 is 2.72 bits per heavy atom. The molecule has 1 unspecified atom stereocenters. The van der Waals surface area contributed by atoms with E-state index in [0.29, 0.717) is 6.54 Å². The molecule has 0 aromatic heterocycles. The van der Waals surface area contributed by atoms with Crippen LogP contribution in [0.2, 0.25) is 0 Å². The molecule has 1 fully saturated rings. The molecule has 1 heterocycles. The van der Waals surface area contributed by atoms with Gasteiger partial charge in [0.15, 0.2) is 0 Å². The Labute approximate surface area is 108 Å². The Hall–Kier alpha value is -1.55. The summed E-state index contributed by atoms with van der Waals surface area (Å²) in [6.45, 7) is 5.79. The zero-order chi connectivity index (χ0) is 13.2. The number of aliphatic carboxylic acids is 1. The summed E-state index contributed by atoms with van der Waals surface area (Å²) in [5, 5.41) is 12.4. The Morgan fingerprint density at radius 2 is 2.11 bits per heavy atom. The molecule has 2 N–H and O–H groups in total. The highest BCUT2D eigenvalue weighted by atomic mass is 16.4. The standard InChI is InChI=1S/C14H20N2O2/c1-14(2)10-16(11-6-4-3-5-7-11)12(9-15-14)8-13(17)18/h3-7,12,15H,8-10H2,1-2H3,(H,17,18). The molecule has 1 aromatic carbocycles. The summed E-state index contributed by atoms with van der Waals surface area (Å²) < 4.78 is 0. The van der Waals surface area contributed by atoms with Gasteiger partial charge in [-0.3, -0.25) is 4.79 Å². The van der Waals surface area contributed by atoms with E-state index < -0.39 is 5.97 Å². The van der Waals surface area contributed by atoms with Gasteiger partial charge in [-0.1, -0.05) is 18.2 Å². The Kier molecular flexibility index (Phi) is 3.57. The molecule has 0 aliphatic carbocycles. The second-order valence-electron chi connectivity index (χ2n) is 5.48. The van der Waals surface area contributed by atoms with Gasteiger partial charge in [0.25, 0.3) is 0 Å². The van der Waals surface area contributed by atoms with Crippen molar-refractivity contribution in [3.8, 4) is 0 Å². The third kappa shape index (κ3) is 3.01. The summed E-state index contributed by atoms with van der Waals surface area (Å²) in [5.74, 6) is -0.748. The minimum atomic E-state index is -0.748. The third-order valence-corrected chi connectivity index (χ3v) is 3.32. The maximum absolute atomic E-state index is 11.0. The molecule has 18 heavy (non-hydrogen) atoms. The number of carbonyl (C=O) groups is 1. The van der Waals surface area contributed by atoms with Gasteiger partial charge in [0, 0.05) is 24.3 Å². The van der Waals surface area contributed by atoms with Crippen molar-refractivity contribution in [3.63, 3.8) is 0 Å². The molecule has 0 amide bonds. The summed E-state index contributed by atoms with van der Waals surface area (Å²) >= 11 is 0. The number of piperazine rings is 1. The zero-order valence-electron chi connectivity index (χ0n) is 10.9. The number of benzene rings is 1. The van der Waals surface area contributed by atoms with E-state index in [9.17, 15) is 4.79 Å². The summed E-state index contributed by atoms with van der Waals surface area (Å²) in [6.07, 6.45) is 0.165. The van der Waals surface area contributed by atoms with E-state index in [2.05, 4.69) is 24.1 Å². The Bertz CT molecular complexity index is 417. The van der Waals surface area contributed by atoms with Crippen LogP contribution in [0.15, 0.2) is 30.3 Å². The van der Waals surface area contributed by atoms with Crippen LogP contribution < -0.4 is 10.2 Å². The van der Waals surface area contributed by atoms with E-state index in [4.69, 9.17) is 5.11 Å². The van der Waals surface area contributed by atoms with Gasteiger partial charge in [0.05, 0.1) is 12.5 Å². The van der Waals surface area contributed by atoms with Crippen molar-refractivity contribution in [3.05, 3.63) is 30.3 Å². The largest absolute Gasteiger partial charge is 0.481 e. The lowest BCUT2D eigenvalue weighted by Crippen LogP contribution is -2.62. The average Bonchev–Trinajstić information content (AvgIpc) is 2.32. The van der Waals surface area contributed by atoms with Crippen LogP contribution in [0, 0.1) is 0 Å². The van der Waals surface area contributed by atoms with Crippen LogP contribution in [0.25, 0.3) is 0 Å². The van der Waals surface area contributed by atoms with Crippen molar-refractivity contribution in [2.75, 3.05) is 18.0 Å². The van der Waals surface area contributed by atoms with E-state index in [1.165, 1.54) is 0 Å². The molecule has 2 rings (SSSR count). The molecule has 98 valence electrons. The summed E-state index contributed by atoms with van der Waals surface area (Å²) in [6, 6.07) is 10.0. The second-order valence-corrected chi connectivity index (χ2v) is 5.48. The number of rotatable bonds is 3. The highest BCUT2D eigenvalue weighted by Crippen LogP contribution is 2.24. The number of carboxylic acid groups (broad SMARTS) is 1. The number of anilines is 1. The van der Waals surface area contributed by atoms with Gasteiger partial charge in [0.1, 0.15) is 0 Å². The number of para-hydroxylation sites is 1. The maximum Gasteiger partial charge on any atom is 0.305 e. The van der Waals surface area contributed by atoms with Gasteiger partial charge in [-0.15, -0.1) is 0 Å². The van der Waals surface area contributed by atoms with E-state index in [-0.39, 0.29) is 18.0 Å². The Morgan fingerprint density at radius 1 is 1.44 bits per heavy atom. The van der Waals surface area contributed by atoms with E-state index >= 15 is 0 Å². The fraction of sp³-hybridized carbons (Fsp3) is 0.500. The lowest BCUT2D eigenvalue weighted by atomic mass is 9.96. The van der Waals surface area contributed by atoms with E-state index in [1.54, 1.807) is 0 Å². The fourth-order valence-electron chi connectivity index (χ4n) is 2.42. The molecule has 0 saturated carbocycles. The van der Waals surface area contributed by atoms with Crippen LogP contribution in [0.3, 0.4) is 0 Å². The first-order valence-corrected chi connectivity index (χ1v) is 6.26. The molecule has 1 aliphatic heterocycles. The van der Waals surface area contributed by atoms with Crippen LogP contribution in [0.4, 0.5) is 5.69 Å². The van der Waals surface area contributed by atoms with Crippen molar-refractivity contribution in [2.45, 2.75) is 31.8 Å². The van der Waals surface area contributed by atoms with Crippen molar-refractivity contribution >= 4 is 11.7 Å². The number of hydrogen-bond donors (Lipinski definition) is 2. The quantitative estimate of drug-likeness (QED) is 0.855. The minimum absolute atomic E-state index is 0.00481. The van der Waals surface area contributed by atoms with E-state index in [0.717, 1.165) is 12.2 Å². The topological polar surface area (TPSA) is 52.6 Å². The molecular formula is C14H20N2O2. The fourth-order valence-corrected chi connectivity index (χ4v) is 2.42. The van der Waals surface area contributed by atoms with Gasteiger partial charge < -0.3 is 15.3 Å². The van der Waals surface area contributed by atoms with Gasteiger partial charge in [0.2, 0.25) is 0 Å². The summed E-state index contributed by atoms with van der Waals surface area (Å²) in [5.41, 5.74) is 1.10. The molecule has 1 atom stereocenters. The van der Waals surface area contributed by atoms with Gasteiger partial charge >= 0.3 is 5.97 Å². The number of nitrogens with one attached hydrogen (secondary N) is 1. The molecule has 4 nitrogen and oxygen atoms in total. The van der Waals surface area contributed by atoms with E-state index in [1.807, 2.05) is 30.3 Å². The smallest absolute Gasteiger partial charge is 0.305 e. The highest BCUT2D eigenvalue weighted by Gasteiger charge is 2.33. The average molecular weight is 248 g/mol. The first-order chi connectivity index (χ1) is 8.48. The first kappa shape index (κ1) is 12.9. The van der Waals surface area contributed by atoms with Gasteiger partial charge in [-0.2, -0.15) is 0 Å². The number of hydrogen-bond acceptors (Lipinski definition) is 3. The molecule has 0 radical (unpaired) electrons. The van der Waals surface area contributed by atoms with Crippen molar-refractivity contribution in [1.29, 1.82) is 0 Å². The molecule has 1 aliphatic rings. The zero-order valence-corrected chi connectivity index (χ0v) is 10.9. The molecule has 0 bridgehead atoms. The van der Waals surface area contributed by atoms with Crippen molar-refractivity contribution in [1.82, 2.24) is 5.32 Å². The Balaban J connectivity index is 2.22. The first-order valence-electron chi connectivity index (χ1n) is 6.26. The van der Waals surface area contributed by atoms with Gasteiger partial charge in [-0.25, -0.2) is 0 Å². The van der Waals surface area contributed by atoms with Crippen molar-refractivity contribution in [2.24, 2.45) is 0 Å². The molecular weight excluding hydrogens is 228 g/mol. The molecule has 0 spiro atoms. The van der Waals surface area contributed by atoms with Crippen LogP contribution in [-0.2, 0) is 4.79 Å². The third-order valence-electron chi connectivity index (χ3n) is 3.32. The molecule has 1 saturated heterocycles. The van der Waals surface area contributed by atoms with Crippen molar-refractivity contribution < 1.29 is 9.90 Å². The highest BCUT2D eigenvalue weighted by molar-refractivity contribution is 5.69. The number of carboxylic acids is 1. The molecule has 1 aromatic rings. The lowest BCUT2D eigenvalue weighted by molar-refractivity contribution is -0.137. The SMILES string of the molecule is CC1(C)CN(c2ccccc2)C(CC(=O)O)CN1. The number of nitrogens with zero attached hydrogens (tertiary/aromatic N) is 1. The van der Waals surface area contributed by atoms with Crippen LogP contribution in [0.1, 0.15) is 20.3 Å². The minimum Gasteiger partial charge on any atom is -0.481 e. The van der Waals surface area contributed by atoms with Crippen LogP contribution >= 0.6 is 0 Å². The monoisotopic (exact) mass is 248 g/mol. The normalized spacial score (nSPS) is 22.8. The van der Waals surface area contributed by atoms with Gasteiger partial charge in [-0.05, 0) is 26.0 Å². The lowest BCUT2D eigenvalue weighted by Gasteiger charge is -2.45. The predicted molar refractivity (Wildman–Crippen MR) is 71.9 cm³/mol. The summed E-state index contributed by atoms with van der Waals surface area (Å²) in [4.78, 5) is 13.2. The van der Waals surface area contributed by atoms with Crippen LogP contribution in [0.5, 0.6) is 0 Å². The maximum atomic E-state index is 11.0. The summed E-state index contributed by atoms with van der Waals surface area (Å²) in [7, 11) is 0.